The second-order valence-corrected chi connectivity index (χ2v) is 7.56. The molecule has 3 atom stereocenters. The lowest BCUT2D eigenvalue weighted by Gasteiger charge is -2.35. The minimum atomic E-state index is -1.50. The zero-order valence-corrected chi connectivity index (χ0v) is 17.7. The summed E-state index contributed by atoms with van der Waals surface area (Å²) < 4.78 is 39.1. The quantitative estimate of drug-likeness (QED) is 0.349. The number of halogens is 3. The highest BCUT2D eigenvalue weighted by Crippen LogP contribution is 2.39. The van der Waals surface area contributed by atoms with E-state index in [1.807, 2.05) is 0 Å². The van der Waals surface area contributed by atoms with Gasteiger partial charge < -0.3 is 14.6 Å². The van der Waals surface area contributed by atoms with Gasteiger partial charge in [-0.15, -0.1) is 0 Å². The Morgan fingerprint density at radius 2 is 1.84 bits per heavy atom. The number of ketones is 2. The molecule has 170 valence electrons. The minimum Gasteiger partial charge on any atom is -0.488 e. The molecule has 0 unspecified atom stereocenters. The maximum absolute atomic E-state index is 14.8. The van der Waals surface area contributed by atoms with Crippen molar-refractivity contribution in [2.45, 2.75) is 24.4 Å². The number of fused-ring (bicyclic) bond motifs is 1. The van der Waals surface area contributed by atoms with Crippen LogP contribution in [0.4, 0.5) is 8.78 Å². The molecule has 0 radical (unpaired) electrons. The van der Waals surface area contributed by atoms with Crippen LogP contribution in [0.15, 0.2) is 36.4 Å². The number of Topliss-reactive ketones (excluding diaryl/α,β-unsaturated/α-hetero) is 2. The van der Waals surface area contributed by atoms with E-state index in [0.717, 1.165) is 19.2 Å². The van der Waals surface area contributed by atoms with Crippen molar-refractivity contribution in [3.05, 3.63) is 64.2 Å². The van der Waals surface area contributed by atoms with E-state index in [1.54, 1.807) is 0 Å². The number of carbonyl (C=O) groups excluding carboxylic acids is 3. The van der Waals surface area contributed by atoms with Crippen LogP contribution in [0.5, 0.6) is 5.75 Å². The molecule has 1 aliphatic heterocycles. The van der Waals surface area contributed by atoms with E-state index < -0.39 is 58.5 Å². The van der Waals surface area contributed by atoms with Gasteiger partial charge in [0.1, 0.15) is 18.5 Å². The van der Waals surface area contributed by atoms with Crippen molar-refractivity contribution in [1.82, 2.24) is 5.32 Å². The van der Waals surface area contributed by atoms with E-state index in [2.05, 4.69) is 5.32 Å². The second kappa shape index (κ2) is 10.2. The molecule has 3 rings (SSSR count). The van der Waals surface area contributed by atoms with Crippen LogP contribution >= 0.6 is 11.6 Å². The third kappa shape index (κ3) is 4.79. The van der Waals surface area contributed by atoms with E-state index in [-0.39, 0.29) is 25.2 Å². The summed E-state index contributed by atoms with van der Waals surface area (Å²) in [4.78, 5) is 38.2. The average Bonchev–Trinajstić information content (AvgIpc) is 2.80. The molecule has 0 bridgehead atoms. The number of aliphatic hydroxyl groups is 1. The van der Waals surface area contributed by atoms with Crippen LogP contribution in [0.1, 0.15) is 28.3 Å². The predicted molar refractivity (Wildman–Crippen MR) is 110 cm³/mol. The Balaban J connectivity index is 2.04. The van der Waals surface area contributed by atoms with Crippen LogP contribution in [0, 0.1) is 11.6 Å². The number of aliphatic hydroxyl groups excluding tert-OH is 1. The van der Waals surface area contributed by atoms with Gasteiger partial charge in [0.05, 0.1) is 19.1 Å². The zero-order chi connectivity index (χ0) is 23.4. The summed E-state index contributed by atoms with van der Waals surface area (Å²) in [5, 5.41) is 12.4. The van der Waals surface area contributed by atoms with Crippen LogP contribution in [0.3, 0.4) is 0 Å². The van der Waals surface area contributed by atoms with Gasteiger partial charge >= 0.3 is 5.97 Å². The molecule has 1 aliphatic rings. The topological polar surface area (TPSA) is 102 Å². The number of hydrogen-bond donors (Lipinski definition) is 2. The number of ether oxygens (including phenoxy) is 2. The van der Waals surface area contributed by atoms with Gasteiger partial charge in [-0.3, -0.25) is 19.7 Å². The van der Waals surface area contributed by atoms with Crippen molar-refractivity contribution >= 4 is 29.1 Å². The molecule has 0 spiro atoms. The van der Waals surface area contributed by atoms with E-state index in [4.69, 9.17) is 21.1 Å². The minimum absolute atomic E-state index is 0.0166. The first-order chi connectivity index (χ1) is 15.3. The Kier molecular flexibility index (Phi) is 7.55. The van der Waals surface area contributed by atoms with Crippen LogP contribution in [-0.2, 0) is 14.3 Å². The highest BCUT2D eigenvalue weighted by molar-refractivity contribution is 6.45. The first kappa shape index (κ1) is 23.8. The molecule has 0 aromatic heterocycles. The Bertz CT molecular complexity index is 1030. The first-order valence-corrected chi connectivity index (χ1v) is 10.1. The molecule has 10 heteroatoms. The Morgan fingerprint density at radius 1 is 1.19 bits per heavy atom. The summed E-state index contributed by atoms with van der Waals surface area (Å²) in [7, 11) is 1.14. The second-order valence-electron chi connectivity index (χ2n) is 7.12. The van der Waals surface area contributed by atoms with Crippen molar-refractivity contribution in [2.75, 3.05) is 20.3 Å². The number of methoxy groups -OCH3 is 1. The van der Waals surface area contributed by atoms with Crippen LogP contribution in [-0.4, -0.2) is 55.0 Å². The van der Waals surface area contributed by atoms with Crippen molar-refractivity contribution in [1.29, 1.82) is 0 Å². The third-order valence-electron chi connectivity index (χ3n) is 5.15. The van der Waals surface area contributed by atoms with Crippen molar-refractivity contribution in [2.24, 2.45) is 0 Å². The standard InChI is InChI=1S/C22H20ClF2NO6/c1-31-22(30)15(8-9-27)26-16-10-32-21-14(25)7-6-13(24)17(21)18(16)20(29)19(28)11-2-4-12(23)5-3-11/h2-7,15-16,18,26-27H,8-10H2,1H3/t15-,16+,18-/m1/s1. The van der Waals surface area contributed by atoms with Gasteiger partial charge in [-0.2, -0.15) is 0 Å². The Hall–Kier alpha value is -2.88. The molecule has 0 fully saturated rings. The summed E-state index contributed by atoms with van der Waals surface area (Å²) in [5.41, 5.74) is -0.406. The van der Waals surface area contributed by atoms with Gasteiger partial charge in [-0.25, -0.2) is 8.78 Å². The van der Waals surface area contributed by atoms with Crippen LogP contribution in [0.2, 0.25) is 5.02 Å². The maximum atomic E-state index is 14.8. The molecule has 2 aromatic carbocycles. The van der Waals surface area contributed by atoms with Crippen LogP contribution < -0.4 is 10.1 Å². The number of esters is 1. The first-order valence-electron chi connectivity index (χ1n) is 9.68. The third-order valence-corrected chi connectivity index (χ3v) is 5.40. The largest absolute Gasteiger partial charge is 0.488 e. The van der Waals surface area contributed by atoms with Gasteiger partial charge in [0.15, 0.2) is 11.6 Å². The van der Waals surface area contributed by atoms with Crippen molar-refractivity contribution in [3.8, 4) is 5.75 Å². The Labute approximate surface area is 187 Å². The van der Waals surface area contributed by atoms with E-state index in [0.29, 0.717) is 5.02 Å². The molecular weight excluding hydrogens is 448 g/mol. The van der Waals surface area contributed by atoms with Crippen molar-refractivity contribution < 1.29 is 37.7 Å². The summed E-state index contributed by atoms with van der Waals surface area (Å²) in [6, 6.07) is 5.06. The van der Waals surface area contributed by atoms with Crippen molar-refractivity contribution in [3.63, 3.8) is 0 Å². The highest BCUT2D eigenvalue weighted by atomic mass is 35.5. The molecule has 7 nitrogen and oxygen atoms in total. The molecule has 0 aliphatic carbocycles. The lowest BCUT2D eigenvalue weighted by molar-refractivity contribution is -0.144. The molecule has 0 saturated carbocycles. The average molecular weight is 468 g/mol. The number of carbonyl (C=O) groups is 3. The molecule has 2 N–H and O–H groups in total. The SMILES string of the molecule is COC(=O)[C@@H](CCO)N[C@H]1COc2c(F)ccc(F)c2[C@@H]1C(=O)C(=O)c1ccc(Cl)cc1. The maximum Gasteiger partial charge on any atom is 0.322 e. The number of hydrogen-bond acceptors (Lipinski definition) is 7. The number of nitrogens with one attached hydrogen (secondary N) is 1. The fraction of sp³-hybridized carbons (Fsp3) is 0.318. The van der Waals surface area contributed by atoms with E-state index >= 15 is 0 Å². The number of rotatable bonds is 8. The summed E-state index contributed by atoms with van der Waals surface area (Å²) in [5.74, 6) is -6.49. The summed E-state index contributed by atoms with van der Waals surface area (Å²) in [6.45, 7) is -0.723. The fourth-order valence-corrected chi connectivity index (χ4v) is 3.72. The smallest absolute Gasteiger partial charge is 0.322 e. The molecule has 0 amide bonds. The molecule has 2 aromatic rings. The predicted octanol–water partition coefficient (Wildman–Crippen LogP) is 2.43. The van der Waals surface area contributed by atoms with Gasteiger partial charge in [-0.05, 0) is 42.8 Å². The van der Waals surface area contributed by atoms with Gasteiger partial charge in [-0.1, -0.05) is 11.6 Å². The zero-order valence-electron chi connectivity index (χ0n) is 16.9. The molecule has 0 saturated heterocycles. The fourth-order valence-electron chi connectivity index (χ4n) is 3.60. The summed E-state index contributed by atoms with van der Waals surface area (Å²) in [6.07, 6.45) is -0.0757. The lowest BCUT2D eigenvalue weighted by atomic mass is 9.82. The highest BCUT2D eigenvalue weighted by Gasteiger charge is 2.43. The molecule has 32 heavy (non-hydrogen) atoms. The normalized spacial score (nSPS) is 18.3. The number of benzene rings is 2. The summed E-state index contributed by atoms with van der Waals surface area (Å²) >= 11 is 5.83. The monoisotopic (exact) mass is 467 g/mol. The van der Waals surface area contributed by atoms with Gasteiger partial charge in [0, 0.05) is 22.8 Å². The van der Waals surface area contributed by atoms with Crippen LogP contribution in [0.25, 0.3) is 0 Å². The Morgan fingerprint density at radius 3 is 2.47 bits per heavy atom. The van der Waals surface area contributed by atoms with Gasteiger partial charge in [0.25, 0.3) is 0 Å². The molecule has 1 heterocycles. The van der Waals surface area contributed by atoms with E-state index in [9.17, 15) is 28.3 Å². The van der Waals surface area contributed by atoms with E-state index in [1.165, 1.54) is 24.3 Å². The molecular formula is C22H20ClF2NO6. The van der Waals surface area contributed by atoms with Gasteiger partial charge in [0.2, 0.25) is 11.6 Å². The lowest BCUT2D eigenvalue weighted by Crippen LogP contribution is -2.53.